The van der Waals surface area contributed by atoms with Crippen LogP contribution in [-0.2, 0) is 0 Å². The van der Waals surface area contributed by atoms with Gasteiger partial charge in [0.2, 0.25) is 0 Å². The fourth-order valence-corrected chi connectivity index (χ4v) is 1.75. The molecule has 0 atom stereocenters. The first-order valence-corrected chi connectivity index (χ1v) is 5.46. The summed E-state index contributed by atoms with van der Waals surface area (Å²) in [6.45, 7) is 0.144. The average molecular weight is 241 g/mol. The lowest BCUT2D eigenvalue weighted by Gasteiger charge is -2.36. The lowest BCUT2D eigenvalue weighted by atomic mass is 9.80. The predicted octanol–water partition coefficient (Wildman–Crippen LogP) is 1.61. The molecule has 3 nitrogen and oxygen atoms in total. The van der Waals surface area contributed by atoms with Crippen molar-refractivity contribution in [1.82, 2.24) is 5.32 Å². The third-order valence-corrected chi connectivity index (χ3v) is 3.04. The van der Waals surface area contributed by atoms with Crippen LogP contribution in [0.25, 0.3) is 0 Å². The normalized spacial score (nSPS) is 17.4. The number of carbonyl (C=O) groups excluding carboxylic acids is 1. The third kappa shape index (κ3) is 2.61. The van der Waals surface area contributed by atoms with Gasteiger partial charge in [-0.05, 0) is 37.5 Å². The molecule has 0 saturated heterocycles. The Morgan fingerprint density at radius 2 is 2.06 bits per heavy atom. The van der Waals surface area contributed by atoms with Crippen molar-refractivity contribution >= 4 is 5.91 Å². The van der Waals surface area contributed by atoms with E-state index in [0.717, 1.165) is 18.6 Å². The Hall–Kier alpha value is -1.49. The van der Waals surface area contributed by atoms with Crippen LogP contribution < -0.4 is 5.32 Å². The lowest BCUT2D eigenvalue weighted by Crippen LogP contribution is -2.47. The molecule has 0 spiro atoms. The van der Waals surface area contributed by atoms with Gasteiger partial charge in [0.15, 0.2) is 11.6 Å². The standard InChI is InChI=1S/C12H13F2NO2/c13-9-3-2-8(6-10(9)14)11(16)15-7-12(17)4-1-5-12/h2-3,6,17H,1,4-5,7H2,(H,15,16). The van der Waals surface area contributed by atoms with Crippen molar-refractivity contribution in [3.05, 3.63) is 35.4 Å². The van der Waals surface area contributed by atoms with Gasteiger partial charge in [-0.15, -0.1) is 0 Å². The van der Waals surface area contributed by atoms with Crippen molar-refractivity contribution in [3.63, 3.8) is 0 Å². The number of hydrogen-bond donors (Lipinski definition) is 2. The number of hydrogen-bond acceptors (Lipinski definition) is 2. The minimum atomic E-state index is -1.06. The monoisotopic (exact) mass is 241 g/mol. The zero-order valence-electron chi connectivity index (χ0n) is 9.17. The number of aliphatic hydroxyl groups is 1. The summed E-state index contributed by atoms with van der Waals surface area (Å²) >= 11 is 0. The highest BCUT2D eigenvalue weighted by Gasteiger charge is 2.34. The molecule has 5 heteroatoms. The molecule has 1 saturated carbocycles. The van der Waals surface area contributed by atoms with Gasteiger partial charge in [0.1, 0.15) is 0 Å². The number of amides is 1. The molecule has 92 valence electrons. The largest absolute Gasteiger partial charge is 0.388 e. The number of rotatable bonds is 3. The molecule has 0 radical (unpaired) electrons. The van der Waals surface area contributed by atoms with Gasteiger partial charge < -0.3 is 10.4 Å². The summed E-state index contributed by atoms with van der Waals surface area (Å²) < 4.78 is 25.5. The second kappa shape index (κ2) is 4.41. The van der Waals surface area contributed by atoms with Crippen LogP contribution >= 0.6 is 0 Å². The summed E-state index contributed by atoms with van der Waals surface area (Å²) in [5.41, 5.74) is -0.777. The van der Waals surface area contributed by atoms with E-state index in [2.05, 4.69) is 5.32 Å². The molecule has 17 heavy (non-hydrogen) atoms. The van der Waals surface area contributed by atoms with Gasteiger partial charge in [-0.25, -0.2) is 8.78 Å². The second-order valence-corrected chi connectivity index (χ2v) is 4.39. The highest BCUT2D eigenvalue weighted by atomic mass is 19.2. The van der Waals surface area contributed by atoms with E-state index >= 15 is 0 Å². The fraction of sp³-hybridized carbons (Fsp3) is 0.417. The van der Waals surface area contributed by atoms with Crippen LogP contribution in [0, 0.1) is 11.6 Å². The first-order valence-electron chi connectivity index (χ1n) is 5.46. The van der Waals surface area contributed by atoms with Crippen LogP contribution in [0.5, 0.6) is 0 Å². The first kappa shape index (κ1) is 12.0. The molecule has 2 N–H and O–H groups in total. The van der Waals surface area contributed by atoms with Gasteiger partial charge in [-0.2, -0.15) is 0 Å². The Bertz CT molecular complexity index is 444. The van der Waals surface area contributed by atoms with Crippen LogP contribution in [0.15, 0.2) is 18.2 Å². The van der Waals surface area contributed by atoms with Crippen LogP contribution in [0.2, 0.25) is 0 Å². The molecule has 1 aromatic carbocycles. The number of nitrogens with one attached hydrogen (secondary N) is 1. The van der Waals surface area contributed by atoms with Crippen molar-refractivity contribution in [1.29, 1.82) is 0 Å². The molecule has 0 unspecified atom stereocenters. The molecule has 0 aromatic heterocycles. The Balaban J connectivity index is 1.97. The maximum absolute atomic E-state index is 12.9. The minimum absolute atomic E-state index is 0.0480. The number of carbonyl (C=O) groups is 1. The summed E-state index contributed by atoms with van der Waals surface area (Å²) in [6.07, 6.45) is 2.26. The molecule has 1 aromatic rings. The van der Waals surface area contributed by atoms with Crippen LogP contribution in [0.1, 0.15) is 29.6 Å². The molecular formula is C12H13F2NO2. The average Bonchev–Trinajstić information content (AvgIpc) is 2.27. The summed E-state index contributed by atoms with van der Waals surface area (Å²) in [7, 11) is 0. The summed E-state index contributed by atoms with van der Waals surface area (Å²) in [5.74, 6) is -2.55. The second-order valence-electron chi connectivity index (χ2n) is 4.39. The molecule has 1 aliphatic rings. The molecular weight excluding hydrogens is 228 g/mol. The quantitative estimate of drug-likeness (QED) is 0.844. The maximum Gasteiger partial charge on any atom is 0.251 e. The lowest BCUT2D eigenvalue weighted by molar-refractivity contribution is -0.0300. The topological polar surface area (TPSA) is 49.3 Å². The van der Waals surface area contributed by atoms with E-state index in [1.807, 2.05) is 0 Å². The minimum Gasteiger partial charge on any atom is -0.388 e. The Morgan fingerprint density at radius 3 is 2.59 bits per heavy atom. The molecule has 1 fully saturated rings. The van der Waals surface area contributed by atoms with Gasteiger partial charge in [0.25, 0.3) is 5.91 Å². The fourth-order valence-electron chi connectivity index (χ4n) is 1.75. The molecule has 0 bridgehead atoms. The van der Waals surface area contributed by atoms with Crippen molar-refractivity contribution in [2.45, 2.75) is 24.9 Å². The van der Waals surface area contributed by atoms with E-state index in [0.29, 0.717) is 12.8 Å². The van der Waals surface area contributed by atoms with Crippen molar-refractivity contribution in [3.8, 4) is 0 Å². The van der Waals surface area contributed by atoms with Crippen molar-refractivity contribution < 1.29 is 18.7 Å². The van der Waals surface area contributed by atoms with Crippen LogP contribution in [0.4, 0.5) is 8.78 Å². The van der Waals surface area contributed by atoms with E-state index < -0.39 is 23.1 Å². The van der Waals surface area contributed by atoms with Gasteiger partial charge >= 0.3 is 0 Å². The third-order valence-electron chi connectivity index (χ3n) is 3.04. The summed E-state index contributed by atoms with van der Waals surface area (Å²) in [6, 6.07) is 2.95. The number of halogens is 2. The van der Waals surface area contributed by atoms with E-state index in [1.54, 1.807) is 0 Å². The van der Waals surface area contributed by atoms with Crippen LogP contribution in [-0.4, -0.2) is 23.2 Å². The van der Waals surface area contributed by atoms with Gasteiger partial charge in [-0.1, -0.05) is 0 Å². The van der Waals surface area contributed by atoms with Crippen molar-refractivity contribution in [2.24, 2.45) is 0 Å². The highest BCUT2D eigenvalue weighted by molar-refractivity contribution is 5.94. The van der Waals surface area contributed by atoms with E-state index in [-0.39, 0.29) is 12.1 Å². The predicted molar refractivity (Wildman–Crippen MR) is 57.5 cm³/mol. The SMILES string of the molecule is O=C(NCC1(O)CCC1)c1ccc(F)c(F)c1. The zero-order valence-corrected chi connectivity index (χ0v) is 9.17. The van der Waals surface area contributed by atoms with E-state index in [9.17, 15) is 18.7 Å². The first-order chi connectivity index (χ1) is 8.00. The smallest absolute Gasteiger partial charge is 0.251 e. The molecule has 1 aliphatic carbocycles. The molecule has 0 aliphatic heterocycles. The van der Waals surface area contributed by atoms with E-state index in [4.69, 9.17) is 0 Å². The molecule has 2 rings (SSSR count). The molecule has 1 amide bonds. The van der Waals surface area contributed by atoms with Crippen molar-refractivity contribution in [2.75, 3.05) is 6.54 Å². The summed E-state index contributed by atoms with van der Waals surface area (Å²) in [4.78, 5) is 11.6. The van der Waals surface area contributed by atoms with Crippen LogP contribution in [0.3, 0.4) is 0 Å². The van der Waals surface area contributed by atoms with Gasteiger partial charge in [0, 0.05) is 12.1 Å². The maximum atomic E-state index is 12.9. The molecule has 0 heterocycles. The van der Waals surface area contributed by atoms with Gasteiger partial charge in [0.05, 0.1) is 5.60 Å². The number of benzene rings is 1. The summed E-state index contributed by atoms with van der Waals surface area (Å²) in [5, 5.41) is 12.3. The highest BCUT2D eigenvalue weighted by Crippen LogP contribution is 2.30. The zero-order chi connectivity index (χ0) is 12.5. The van der Waals surface area contributed by atoms with E-state index in [1.165, 1.54) is 6.07 Å². The van der Waals surface area contributed by atoms with Gasteiger partial charge in [-0.3, -0.25) is 4.79 Å². The Kier molecular flexibility index (Phi) is 3.11. The Morgan fingerprint density at radius 1 is 1.35 bits per heavy atom. The Labute approximate surface area is 97.5 Å².